The molecule has 1 amide bonds. The van der Waals surface area contributed by atoms with Crippen LogP contribution in [0.15, 0.2) is 23.6 Å². The van der Waals surface area contributed by atoms with Crippen LogP contribution in [0.5, 0.6) is 11.5 Å². The van der Waals surface area contributed by atoms with Gasteiger partial charge in [0, 0.05) is 30.0 Å². The summed E-state index contributed by atoms with van der Waals surface area (Å²) in [6.45, 7) is 7.07. The van der Waals surface area contributed by atoms with E-state index in [1.807, 2.05) is 39.0 Å². The number of hydrogen-bond donors (Lipinski definition) is 0. The van der Waals surface area contributed by atoms with Crippen molar-refractivity contribution < 1.29 is 19.0 Å². The highest BCUT2D eigenvalue weighted by molar-refractivity contribution is 7.10. The molecule has 0 unspecified atom stereocenters. The lowest BCUT2D eigenvalue weighted by Crippen LogP contribution is -2.41. The number of ether oxygens (including phenoxy) is 3. The second-order valence-corrected chi connectivity index (χ2v) is 8.77. The average molecular weight is 405 g/mol. The lowest BCUT2D eigenvalue weighted by molar-refractivity contribution is 0.0205. The third kappa shape index (κ3) is 4.76. The van der Waals surface area contributed by atoms with Crippen molar-refractivity contribution in [3.05, 3.63) is 28.6 Å². The van der Waals surface area contributed by atoms with E-state index in [0.29, 0.717) is 30.5 Å². The van der Waals surface area contributed by atoms with Gasteiger partial charge in [0.2, 0.25) is 0 Å². The lowest BCUT2D eigenvalue weighted by Gasteiger charge is -2.32. The third-order valence-corrected chi connectivity index (χ3v) is 5.70. The van der Waals surface area contributed by atoms with E-state index in [-0.39, 0.29) is 6.09 Å². The highest BCUT2D eigenvalue weighted by Crippen LogP contribution is 2.36. The molecule has 1 saturated heterocycles. The van der Waals surface area contributed by atoms with Gasteiger partial charge in [0.05, 0.1) is 24.9 Å². The summed E-state index contributed by atoms with van der Waals surface area (Å²) in [5.74, 6) is 1.77. The number of carbonyl (C=O) groups excluding carboxylic acids is 1. The Morgan fingerprint density at radius 1 is 1.14 bits per heavy atom. The van der Waals surface area contributed by atoms with Crippen molar-refractivity contribution in [2.45, 2.75) is 45.1 Å². The molecule has 1 aromatic carbocycles. The molecular formula is C21H28N2O4S. The molecule has 0 radical (unpaired) electrons. The van der Waals surface area contributed by atoms with Crippen LogP contribution in [0.3, 0.4) is 0 Å². The van der Waals surface area contributed by atoms with Gasteiger partial charge >= 0.3 is 6.09 Å². The smallest absolute Gasteiger partial charge is 0.410 e. The number of carbonyl (C=O) groups is 1. The zero-order valence-electron chi connectivity index (χ0n) is 17.2. The molecule has 2 heterocycles. The summed E-state index contributed by atoms with van der Waals surface area (Å²) in [6.07, 6.45) is 1.58. The number of likely N-dealkylation sites (tertiary alicyclic amines) is 1. The predicted molar refractivity (Wildman–Crippen MR) is 110 cm³/mol. The zero-order valence-corrected chi connectivity index (χ0v) is 18.0. The van der Waals surface area contributed by atoms with Gasteiger partial charge in [0.25, 0.3) is 0 Å². The molecule has 1 aliphatic heterocycles. The molecule has 0 atom stereocenters. The van der Waals surface area contributed by atoms with E-state index in [9.17, 15) is 4.79 Å². The fourth-order valence-corrected chi connectivity index (χ4v) is 4.24. The number of hydrogen-bond acceptors (Lipinski definition) is 6. The van der Waals surface area contributed by atoms with Gasteiger partial charge in [0.1, 0.15) is 5.60 Å². The van der Waals surface area contributed by atoms with Crippen molar-refractivity contribution in [2.75, 3.05) is 27.3 Å². The number of amides is 1. The standard InChI is InChI=1S/C21H28N2O4S/c1-21(2,3)27-20(24)23-10-8-14(9-11-23)19-22-16(13-28-19)15-6-7-17(25-4)18(12-15)26-5/h6-7,12-14H,8-11H2,1-5H3. The van der Waals surface area contributed by atoms with Crippen LogP contribution in [0.25, 0.3) is 11.3 Å². The molecule has 7 heteroatoms. The largest absolute Gasteiger partial charge is 0.493 e. The van der Waals surface area contributed by atoms with Crippen LogP contribution in [0.1, 0.15) is 44.5 Å². The van der Waals surface area contributed by atoms with E-state index >= 15 is 0 Å². The molecule has 1 aromatic heterocycles. The molecule has 6 nitrogen and oxygen atoms in total. The number of benzene rings is 1. The lowest BCUT2D eigenvalue weighted by atomic mass is 9.98. The van der Waals surface area contributed by atoms with E-state index in [1.165, 1.54) is 0 Å². The van der Waals surface area contributed by atoms with Crippen molar-refractivity contribution in [1.82, 2.24) is 9.88 Å². The van der Waals surface area contributed by atoms with E-state index in [2.05, 4.69) is 5.38 Å². The molecule has 0 aliphatic carbocycles. The van der Waals surface area contributed by atoms with Crippen molar-refractivity contribution in [2.24, 2.45) is 0 Å². The van der Waals surface area contributed by atoms with Gasteiger partial charge in [-0.25, -0.2) is 9.78 Å². The van der Waals surface area contributed by atoms with Gasteiger partial charge in [-0.1, -0.05) is 0 Å². The van der Waals surface area contributed by atoms with E-state index in [1.54, 1.807) is 30.5 Å². The van der Waals surface area contributed by atoms with Crippen LogP contribution < -0.4 is 9.47 Å². The van der Waals surface area contributed by atoms with Crippen molar-refractivity contribution in [1.29, 1.82) is 0 Å². The summed E-state index contributed by atoms with van der Waals surface area (Å²) < 4.78 is 16.2. The average Bonchev–Trinajstić information content (AvgIpc) is 3.16. The monoisotopic (exact) mass is 404 g/mol. The number of rotatable bonds is 4. The van der Waals surface area contributed by atoms with Gasteiger partial charge < -0.3 is 19.1 Å². The number of aromatic nitrogens is 1. The Balaban J connectivity index is 1.65. The Bertz CT molecular complexity index is 820. The van der Waals surface area contributed by atoms with Gasteiger partial charge in [0.15, 0.2) is 11.5 Å². The molecule has 1 fully saturated rings. The minimum atomic E-state index is -0.461. The Kier molecular flexibility index (Phi) is 6.13. The van der Waals surface area contributed by atoms with Crippen molar-refractivity contribution in [3.8, 4) is 22.8 Å². The molecule has 3 rings (SSSR count). The van der Waals surface area contributed by atoms with Gasteiger partial charge in [-0.15, -0.1) is 11.3 Å². The molecular weight excluding hydrogens is 376 g/mol. The molecule has 152 valence electrons. The summed E-state index contributed by atoms with van der Waals surface area (Å²) in [5.41, 5.74) is 1.49. The topological polar surface area (TPSA) is 60.9 Å². The molecule has 28 heavy (non-hydrogen) atoms. The van der Waals surface area contributed by atoms with E-state index < -0.39 is 5.60 Å². The molecule has 0 saturated carbocycles. The molecule has 2 aromatic rings. The van der Waals surface area contributed by atoms with Crippen LogP contribution >= 0.6 is 11.3 Å². The summed E-state index contributed by atoms with van der Waals surface area (Å²) >= 11 is 1.68. The Morgan fingerprint density at radius 3 is 2.43 bits per heavy atom. The van der Waals surface area contributed by atoms with E-state index in [0.717, 1.165) is 29.1 Å². The van der Waals surface area contributed by atoms with Gasteiger partial charge in [-0.3, -0.25) is 0 Å². The van der Waals surface area contributed by atoms with Gasteiger partial charge in [-0.05, 0) is 51.8 Å². The fourth-order valence-electron chi connectivity index (χ4n) is 3.24. The van der Waals surface area contributed by atoms with Crippen molar-refractivity contribution >= 4 is 17.4 Å². The quantitative estimate of drug-likeness (QED) is 0.722. The van der Waals surface area contributed by atoms with Gasteiger partial charge in [-0.2, -0.15) is 0 Å². The third-order valence-electron chi connectivity index (χ3n) is 4.70. The number of piperidine rings is 1. The van der Waals surface area contributed by atoms with Crippen LogP contribution in [0.2, 0.25) is 0 Å². The van der Waals surface area contributed by atoms with E-state index in [4.69, 9.17) is 19.2 Å². The highest BCUT2D eigenvalue weighted by Gasteiger charge is 2.28. The maximum atomic E-state index is 12.2. The Labute approximate surface area is 170 Å². The fraction of sp³-hybridized carbons (Fsp3) is 0.524. The first-order valence-corrected chi connectivity index (χ1v) is 10.3. The van der Waals surface area contributed by atoms with Crippen LogP contribution in [0, 0.1) is 0 Å². The van der Waals surface area contributed by atoms with Crippen LogP contribution in [-0.2, 0) is 4.74 Å². The SMILES string of the molecule is COc1ccc(-c2csc(C3CCN(C(=O)OC(C)(C)C)CC3)n2)cc1OC. The molecule has 0 bridgehead atoms. The summed E-state index contributed by atoms with van der Waals surface area (Å²) in [5, 5.41) is 3.20. The summed E-state index contributed by atoms with van der Waals surface area (Å²) in [4.78, 5) is 18.9. The van der Waals surface area contributed by atoms with Crippen molar-refractivity contribution in [3.63, 3.8) is 0 Å². The molecule has 0 spiro atoms. The first-order chi connectivity index (χ1) is 13.3. The maximum Gasteiger partial charge on any atom is 0.410 e. The first-order valence-electron chi connectivity index (χ1n) is 9.46. The van der Waals surface area contributed by atoms with Crippen LogP contribution in [-0.4, -0.2) is 48.9 Å². The second-order valence-electron chi connectivity index (χ2n) is 7.88. The molecule has 1 aliphatic rings. The normalized spacial score (nSPS) is 15.4. The summed E-state index contributed by atoms with van der Waals surface area (Å²) in [7, 11) is 3.26. The minimum absolute atomic E-state index is 0.226. The summed E-state index contributed by atoms with van der Waals surface area (Å²) in [6, 6.07) is 5.83. The van der Waals surface area contributed by atoms with Crippen LogP contribution in [0.4, 0.5) is 4.79 Å². The minimum Gasteiger partial charge on any atom is -0.493 e. The highest BCUT2D eigenvalue weighted by atomic mass is 32.1. The Hall–Kier alpha value is -2.28. The first kappa shape index (κ1) is 20.5. The number of nitrogens with zero attached hydrogens (tertiary/aromatic N) is 2. The number of thiazole rings is 1. The second kappa shape index (κ2) is 8.39. The Morgan fingerprint density at radius 2 is 1.82 bits per heavy atom. The zero-order chi connectivity index (χ0) is 20.3. The maximum absolute atomic E-state index is 12.2. The molecule has 0 N–H and O–H groups in total. The predicted octanol–water partition coefficient (Wildman–Crippen LogP) is 4.94. The number of methoxy groups -OCH3 is 2.